The lowest BCUT2D eigenvalue weighted by molar-refractivity contribution is -0.386. The molecule has 2 aromatic carbocycles. The van der Waals surface area contributed by atoms with Gasteiger partial charge in [0, 0.05) is 11.1 Å². The maximum Gasteiger partial charge on any atom is 0.312 e. The third kappa shape index (κ3) is 4.95. The maximum absolute atomic E-state index is 12.4. The van der Waals surface area contributed by atoms with Gasteiger partial charge in [0.1, 0.15) is 17.1 Å². The number of methoxy groups -OCH3 is 1. The Morgan fingerprint density at radius 2 is 1.94 bits per heavy atom. The van der Waals surface area contributed by atoms with Crippen LogP contribution in [0.15, 0.2) is 42.5 Å². The van der Waals surface area contributed by atoms with Crippen LogP contribution in [0.25, 0.3) is 6.08 Å². The third-order valence-corrected chi connectivity index (χ3v) is 5.52. The number of ketones is 1. The quantitative estimate of drug-likeness (QED) is 0.196. The number of carbonyl (C=O) groups excluding carboxylic acids is 1. The standard InChI is InChI=1S/C22H19Cl2N3O4/c1-13-22(27(29)30)14(2)26(25-13)12-17-10-15(5-9-21(17)31-3)4-8-20(28)16-6-7-18(23)19(24)11-16/h4-11H,12H2,1-3H3/b8-4+. The molecule has 0 amide bonds. The second-order valence-electron chi connectivity index (χ2n) is 6.83. The van der Waals surface area contributed by atoms with Crippen LogP contribution in [-0.2, 0) is 6.54 Å². The largest absolute Gasteiger partial charge is 0.496 e. The molecule has 0 radical (unpaired) electrons. The molecule has 1 aromatic heterocycles. The van der Waals surface area contributed by atoms with Gasteiger partial charge in [-0.2, -0.15) is 5.10 Å². The van der Waals surface area contributed by atoms with E-state index in [9.17, 15) is 14.9 Å². The van der Waals surface area contributed by atoms with Gasteiger partial charge >= 0.3 is 5.69 Å². The molecule has 3 rings (SSSR count). The number of allylic oxidation sites excluding steroid dienone is 1. The average molecular weight is 460 g/mol. The third-order valence-electron chi connectivity index (χ3n) is 4.78. The lowest BCUT2D eigenvalue weighted by Crippen LogP contribution is -2.06. The normalized spacial score (nSPS) is 11.1. The van der Waals surface area contributed by atoms with Gasteiger partial charge in [0.05, 0.1) is 28.6 Å². The Morgan fingerprint density at radius 3 is 2.55 bits per heavy atom. The number of aryl methyl sites for hydroxylation is 1. The summed E-state index contributed by atoms with van der Waals surface area (Å²) in [5.74, 6) is 0.397. The van der Waals surface area contributed by atoms with E-state index in [-0.39, 0.29) is 18.0 Å². The van der Waals surface area contributed by atoms with E-state index < -0.39 is 4.92 Å². The van der Waals surface area contributed by atoms with Crippen molar-refractivity contribution >= 4 is 40.7 Å². The van der Waals surface area contributed by atoms with Crippen molar-refractivity contribution in [3.63, 3.8) is 0 Å². The maximum atomic E-state index is 12.4. The fourth-order valence-corrected chi connectivity index (χ4v) is 3.51. The zero-order chi connectivity index (χ0) is 22.7. The molecular weight excluding hydrogens is 441 g/mol. The van der Waals surface area contributed by atoms with Crippen LogP contribution >= 0.6 is 23.2 Å². The minimum absolute atomic E-state index is 0.00207. The van der Waals surface area contributed by atoms with Crippen molar-refractivity contribution < 1.29 is 14.5 Å². The van der Waals surface area contributed by atoms with Crippen LogP contribution in [-0.4, -0.2) is 27.6 Å². The van der Waals surface area contributed by atoms with Gasteiger partial charge < -0.3 is 4.74 Å². The van der Waals surface area contributed by atoms with Crippen LogP contribution in [0, 0.1) is 24.0 Å². The summed E-state index contributed by atoms with van der Waals surface area (Å²) in [5.41, 5.74) is 2.77. The summed E-state index contributed by atoms with van der Waals surface area (Å²) in [5, 5.41) is 16.2. The Morgan fingerprint density at radius 1 is 1.19 bits per heavy atom. The molecule has 0 spiro atoms. The summed E-state index contributed by atoms with van der Waals surface area (Å²) in [6.07, 6.45) is 3.12. The number of ether oxygens (including phenoxy) is 1. The Bertz CT molecular complexity index is 1200. The van der Waals surface area contributed by atoms with Gasteiger partial charge in [-0.1, -0.05) is 35.3 Å². The number of aromatic nitrogens is 2. The van der Waals surface area contributed by atoms with Gasteiger partial charge in [-0.25, -0.2) is 0 Å². The molecule has 0 aliphatic rings. The molecule has 1 heterocycles. The number of halogens is 2. The highest BCUT2D eigenvalue weighted by Crippen LogP contribution is 2.27. The van der Waals surface area contributed by atoms with Crippen LogP contribution in [0.2, 0.25) is 10.0 Å². The van der Waals surface area contributed by atoms with Crippen LogP contribution in [0.4, 0.5) is 5.69 Å². The molecule has 9 heteroatoms. The van der Waals surface area contributed by atoms with Gasteiger partial charge in [-0.15, -0.1) is 0 Å². The van der Waals surface area contributed by atoms with E-state index in [0.29, 0.717) is 32.7 Å². The molecule has 31 heavy (non-hydrogen) atoms. The topological polar surface area (TPSA) is 87.3 Å². The van der Waals surface area contributed by atoms with Crippen molar-refractivity contribution in [2.24, 2.45) is 0 Å². The highest BCUT2D eigenvalue weighted by Gasteiger charge is 2.22. The molecule has 7 nitrogen and oxygen atoms in total. The van der Waals surface area contributed by atoms with E-state index in [2.05, 4.69) is 5.10 Å². The van der Waals surface area contributed by atoms with E-state index in [1.165, 1.54) is 12.1 Å². The van der Waals surface area contributed by atoms with Crippen molar-refractivity contribution in [3.8, 4) is 5.75 Å². The van der Waals surface area contributed by atoms with Gasteiger partial charge in [-0.3, -0.25) is 19.6 Å². The van der Waals surface area contributed by atoms with Gasteiger partial charge in [0.2, 0.25) is 0 Å². The second-order valence-corrected chi connectivity index (χ2v) is 7.65. The molecule has 0 aliphatic heterocycles. The van der Waals surface area contributed by atoms with Crippen molar-refractivity contribution in [1.29, 1.82) is 0 Å². The van der Waals surface area contributed by atoms with E-state index in [1.807, 2.05) is 12.1 Å². The molecule has 0 bridgehead atoms. The first-order valence-electron chi connectivity index (χ1n) is 9.24. The fraction of sp³-hybridized carbons (Fsp3) is 0.182. The number of benzene rings is 2. The number of hydrogen-bond acceptors (Lipinski definition) is 5. The minimum atomic E-state index is -0.431. The molecule has 0 saturated carbocycles. The highest BCUT2D eigenvalue weighted by molar-refractivity contribution is 6.42. The van der Waals surface area contributed by atoms with Crippen LogP contribution < -0.4 is 4.74 Å². The summed E-state index contributed by atoms with van der Waals surface area (Å²) < 4.78 is 6.99. The Hall–Kier alpha value is -3.16. The predicted octanol–water partition coefficient (Wildman–Crippen LogP) is 5.67. The zero-order valence-electron chi connectivity index (χ0n) is 17.1. The molecule has 0 aliphatic carbocycles. The molecule has 0 atom stereocenters. The lowest BCUT2D eigenvalue weighted by atomic mass is 10.1. The first-order valence-corrected chi connectivity index (χ1v) is 9.99. The Balaban J connectivity index is 1.88. The van der Waals surface area contributed by atoms with Gasteiger partial charge in [-0.05, 0) is 55.8 Å². The second kappa shape index (κ2) is 9.32. The average Bonchev–Trinajstić information content (AvgIpc) is 3.01. The van der Waals surface area contributed by atoms with Crippen LogP contribution in [0.5, 0.6) is 5.75 Å². The van der Waals surface area contributed by atoms with E-state index in [1.54, 1.807) is 49.9 Å². The van der Waals surface area contributed by atoms with Crippen molar-refractivity contribution in [2.45, 2.75) is 20.4 Å². The first kappa shape index (κ1) is 22.5. The summed E-state index contributed by atoms with van der Waals surface area (Å²) in [6.45, 7) is 3.54. The van der Waals surface area contributed by atoms with Gasteiger partial charge in [0.15, 0.2) is 5.78 Å². The number of hydrogen-bond donors (Lipinski definition) is 0. The summed E-state index contributed by atoms with van der Waals surface area (Å²) in [4.78, 5) is 23.3. The smallest absolute Gasteiger partial charge is 0.312 e. The Labute approximate surface area is 189 Å². The molecule has 0 unspecified atom stereocenters. The molecule has 0 N–H and O–H groups in total. The summed E-state index contributed by atoms with van der Waals surface area (Å²) in [7, 11) is 1.55. The highest BCUT2D eigenvalue weighted by atomic mass is 35.5. The molecule has 160 valence electrons. The van der Waals surface area contributed by atoms with E-state index in [4.69, 9.17) is 27.9 Å². The number of carbonyl (C=O) groups is 1. The molecule has 3 aromatic rings. The van der Waals surface area contributed by atoms with Crippen LogP contribution in [0.1, 0.15) is 32.9 Å². The van der Waals surface area contributed by atoms with Crippen molar-refractivity contribution in [2.75, 3.05) is 7.11 Å². The molecule has 0 fully saturated rings. The molecule has 0 saturated heterocycles. The number of nitro groups is 1. The van der Waals surface area contributed by atoms with Crippen molar-refractivity contribution in [1.82, 2.24) is 9.78 Å². The molecular formula is C22H19Cl2N3O4. The SMILES string of the molecule is COc1ccc(/C=C/C(=O)c2ccc(Cl)c(Cl)c2)cc1Cn1nc(C)c([N+](=O)[O-])c1C. The van der Waals surface area contributed by atoms with Crippen molar-refractivity contribution in [3.05, 3.63) is 90.7 Å². The fourth-order valence-electron chi connectivity index (χ4n) is 3.21. The minimum Gasteiger partial charge on any atom is -0.496 e. The number of nitrogens with zero attached hydrogens (tertiary/aromatic N) is 3. The Kier molecular flexibility index (Phi) is 6.77. The van der Waals surface area contributed by atoms with E-state index >= 15 is 0 Å². The first-order chi connectivity index (χ1) is 14.7. The summed E-state index contributed by atoms with van der Waals surface area (Å²) >= 11 is 11.9. The predicted molar refractivity (Wildman–Crippen MR) is 120 cm³/mol. The number of rotatable bonds is 7. The van der Waals surface area contributed by atoms with Crippen LogP contribution in [0.3, 0.4) is 0 Å². The van der Waals surface area contributed by atoms with Gasteiger partial charge in [0.25, 0.3) is 0 Å². The monoisotopic (exact) mass is 459 g/mol. The zero-order valence-corrected chi connectivity index (χ0v) is 18.6. The van der Waals surface area contributed by atoms with E-state index in [0.717, 1.165) is 11.1 Å². The lowest BCUT2D eigenvalue weighted by Gasteiger charge is -2.11. The summed E-state index contributed by atoms with van der Waals surface area (Å²) in [6, 6.07) is 10.1.